The molecule has 0 radical (unpaired) electrons. The van der Waals surface area contributed by atoms with Gasteiger partial charge in [0.15, 0.2) is 0 Å². The number of esters is 1. The number of carbonyl (C=O) groups excluding carboxylic acids is 2. The van der Waals surface area contributed by atoms with Crippen LogP contribution in [0.4, 0.5) is 0 Å². The van der Waals surface area contributed by atoms with Crippen molar-refractivity contribution in [3.8, 4) is 0 Å². The maximum atomic E-state index is 11.1. The topological polar surface area (TPSA) is 55.4 Å². The normalized spacial score (nSPS) is 10.9. The summed E-state index contributed by atoms with van der Waals surface area (Å²) in [6.45, 7) is 1.40. The molecule has 1 aromatic rings. The SMILES string of the molecule is COC(=O)CC=C(NC(C)=O)c1ccc(Cl)cc1. The molecule has 18 heavy (non-hydrogen) atoms. The molecule has 0 aliphatic carbocycles. The van der Waals surface area contributed by atoms with Gasteiger partial charge in [-0.15, -0.1) is 0 Å². The van der Waals surface area contributed by atoms with Crippen LogP contribution in [-0.4, -0.2) is 19.0 Å². The van der Waals surface area contributed by atoms with E-state index in [0.29, 0.717) is 10.7 Å². The van der Waals surface area contributed by atoms with E-state index in [0.717, 1.165) is 5.56 Å². The maximum absolute atomic E-state index is 11.1. The zero-order chi connectivity index (χ0) is 13.5. The van der Waals surface area contributed by atoms with Crippen LogP contribution in [0.3, 0.4) is 0 Å². The third-order valence-electron chi connectivity index (χ3n) is 2.17. The Morgan fingerprint density at radius 3 is 2.44 bits per heavy atom. The summed E-state index contributed by atoms with van der Waals surface area (Å²) < 4.78 is 4.54. The van der Waals surface area contributed by atoms with Crippen molar-refractivity contribution in [3.05, 3.63) is 40.9 Å². The number of hydrogen-bond donors (Lipinski definition) is 1. The van der Waals surface area contributed by atoms with Crippen molar-refractivity contribution in [2.45, 2.75) is 13.3 Å². The van der Waals surface area contributed by atoms with Gasteiger partial charge in [-0.2, -0.15) is 0 Å². The number of methoxy groups -OCH3 is 1. The van der Waals surface area contributed by atoms with Gasteiger partial charge in [0.05, 0.1) is 13.5 Å². The zero-order valence-corrected chi connectivity index (χ0v) is 11.0. The van der Waals surface area contributed by atoms with Crippen LogP contribution in [0.2, 0.25) is 5.02 Å². The van der Waals surface area contributed by atoms with Gasteiger partial charge in [0.2, 0.25) is 5.91 Å². The van der Waals surface area contributed by atoms with E-state index in [1.54, 1.807) is 30.3 Å². The minimum absolute atomic E-state index is 0.0920. The fourth-order valence-electron chi connectivity index (χ4n) is 1.33. The van der Waals surface area contributed by atoms with Crippen LogP contribution in [0, 0.1) is 0 Å². The second-order valence-electron chi connectivity index (χ2n) is 3.59. The lowest BCUT2D eigenvalue weighted by atomic mass is 10.1. The fraction of sp³-hybridized carbons (Fsp3) is 0.231. The quantitative estimate of drug-likeness (QED) is 0.852. The van der Waals surface area contributed by atoms with Crippen molar-refractivity contribution in [3.63, 3.8) is 0 Å². The fourth-order valence-corrected chi connectivity index (χ4v) is 1.45. The molecule has 0 unspecified atom stereocenters. The Kier molecular flexibility index (Phi) is 5.39. The number of carbonyl (C=O) groups is 2. The van der Waals surface area contributed by atoms with E-state index in [-0.39, 0.29) is 18.3 Å². The summed E-state index contributed by atoms with van der Waals surface area (Å²) in [5.41, 5.74) is 1.34. The van der Waals surface area contributed by atoms with Gasteiger partial charge in [0, 0.05) is 17.6 Å². The predicted octanol–water partition coefficient (Wildman–Crippen LogP) is 2.38. The number of rotatable bonds is 4. The second kappa shape index (κ2) is 6.81. The van der Waals surface area contributed by atoms with E-state index in [1.165, 1.54) is 14.0 Å². The van der Waals surface area contributed by atoms with Crippen molar-refractivity contribution in [2.24, 2.45) is 0 Å². The maximum Gasteiger partial charge on any atom is 0.309 e. The molecule has 1 rings (SSSR count). The molecule has 0 bridgehead atoms. The lowest BCUT2D eigenvalue weighted by Gasteiger charge is -2.08. The Morgan fingerprint density at radius 2 is 1.94 bits per heavy atom. The highest BCUT2D eigenvalue weighted by Gasteiger charge is 2.05. The van der Waals surface area contributed by atoms with Crippen LogP contribution >= 0.6 is 11.6 Å². The van der Waals surface area contributed by atoms with Crippen LogP contribution in [-0.2, 0) is 14.3 Å². The van der Waals surface area contributed by atoms with Crippen LogP contribution in [0.5, 0.6) is 0 Å². The first-order valence-electron chi connectivity index (χ1n) is 5.33. The first-order chi connectivity index (χ1) is 8.52. The molecule has 0 saturated heterocycles. The Balaban J connectivity index is 2.93. The summed E-state index contributed by atoms with van der Waals surface area (Å²) in [4.78, 5) is 22.2. The Hall–Kier alpha value is -1.81. The molecule has 0 aromatic heterocycles. The van der Waals surface area contributed by atoms with Crippen LogP contribution < -0.4 is 5.32 Å². The summed E-state index contributed by atoms with van der Waals surface area (Å²) >= 11 is 5.79. The molecule has 4 nitrogen and oxygen atoms in total. The number of ether oxygens (including phenoxy) is 1. The van der Waals surface area contributed by atoms with Gasteiger partial charge in [-0.1, -0.05) is 23.7 Å². The van der Waals surface area contributed by atoms with Gasteiger partial charge in [0.25, 0.3) is 0 Å². The Labute approximate surface area is 111 Å². The molecule has 0 atom stereocenters. The van der Waals surface area contributed by atoms with Crippen LogP contribution in [0.15, 0.2) is 30.3 Å². The highest BCUT2D eigenvalue weighted by Crippen LogP contribution is 2.16. The molecular weight excluding hydrogens is 254 g/mol. The van der Waals surface area contributed by atoms with Crippen LogP contribution in [0.25, 0.3) is 5.70 Å². The average Bonchev–Trinajstić information content (AvgIpc) is 2.34. The number of nitrogens with one attached hydrogen (secondary N) is 1. The average molecular weight is 268 g/mol. The van der Waals surface area contributed by atoms with Gasteiger partial charge in [-0.3, -0.25) is 9.59 Å². The van der Waals surface area contributed by atoms with Crippen molar-refractivity contribution >= 4 is 29.2 Å². The molecule has 0 fully saturated rings. The Morgan fingerprint density at radius 1 is 1.33 bits per heavy atom. The third-order valence-corrected chi connectivity index (χ3v) is 2.42. The summed E-state index contributed by atoms with van der Waals surface area (Å²) in [7, 11) is 1.32. The molecule has 0 aliphatic rings. The number of benzene rings is 1. The summed E-state index contributed by atoms with van der Waals surface area (Å²) in [6, 6.07) is 6.96. The van der Waals surface area contributed by atoms with Gasteiger partial charge in [-0.25, -0.2) is 0 Å². The standard InChI is InChI=1S/C13H14ClNO3/c1-9(16)15-12(7-8-13(17)18-2)10-3-5-11(14)6-4-10/h3-7H,8H2,1-2H3,(H,15,16). The van der Waals surface area contributed by atoms with Gasteiger partial charge >= 0.3 is 5.97 Å². The van der Waals surface area contributed by atoms with Crippen molar-refractivity contribution < 1.29 is 14.3 Å². The number of halogens is 1. The summed E-state index contributed by atoms with van der Waals surface area (Å²) in [6.07, 6.45) is 1.70. The molecule has 0 aliphatic heterocycles. The van der Waals surface area contributed by atoms with Crippen LogP contribution in [0.1, 0.15) is 18.9 Å². The molecule has 1 N–H and O–H groups in total. The van der Waals surface area contributed by atoms with E-state index in [1.807, 2.05) is 0 Å². The van der Waals surface area contributed by atoms with Gasteiger partial charge in [0.1, 0.15) is 0 Å². The smallest absolute Gasteiger partial charge is 0.309 e. The summed E-state index contributed by atoms with van der Waals surface area (Å²) in [5.74, 6) is -0.576. The highest BCUT2D eigenvalue weighted by molar-refractivity contribution is 6.30. The van der Waals surface area contributed by atoms with Crippen molar-refractivity contribution in [1.29, 1.82) is 0 Å². The Bertz CT molecular complexity index is 466. The lowest BCUT2D eigenvalue weighted by molar-refractivity contribution is -0.139. The first-order valence-corrected chi connectivity index (χ1v) is 5.71. The minimum Gasteiger partial charge on any atom is -0.469 e. The van der Waals surface area contributed by atoms with E-state index in [4.69, 9.17) is 11.6 Å². The van der Waals surface area contributed by atoms with E-state index in [2.05, 4.69) is 10.1 Å². The molecule has 96 valence electrons. The second-order valence-corrected chi connectivity index (χ2v) is 4.02. The minimum atomic E-state index is -0.369. The molecule has 5 heteroatoms. The third kappa shape index (κ3) is 4.59. The molecule has 0 spiro atoms. The molecule has 1 amide bonds. The molecule has 1 aromatic carbocycles. The number of hydrogen-bond acceptors (Lipinski definition) is 3. The van der Waals surface area contributed by atoms with Gasteiger partial charge < -0.3 is 10.1 Å². The van der Waals surface area contributed by atoms with E-state index in [9.17, 15) is 9.59 Å². The largest absolute Gasteiger partial charge is 0.469 e. The van der Waals surface area contributed by atoms with Crippen molar-refractivity contribution in [2.75, 3.05) is 7.11 Å². The van der Waals surface area contributed by atoms with Gasteiger partial charge in [-0.05, 0) is 23.8 Å². The highest BCUT2D eigenvalue weighted by atomic mass is 35.5. The number of amides is 1. The first kappa shape index (κ1) is 14.3. The predicted molar refractivity (Wildman–Crippen MR) is 69.9 cm³/mol. The van der Waals surface area contributed by atoms with Crippen molar-refractivity contribution in [1.82, 2.24) is 5.32 Å². The molecular formula is C13H14ClNO3. The monoisotopic (exact) mass is 267 g/mol. The van der Waals surface area contributed by atoms with E-state index >= 15 is 0 Å². The van der Waals surface area contributed by atoms with E-state index < -0.39 is 0 Å². The zero-order valence-electron chi connectivity index (χ0n) is 10.2. The molecule has 0 heterocycles. The lowest BCUT2D eigenvalue weighted by Crippen LogP contribution is -2.18. The molecule has 0 saturated carbocycles. The summed E-state index contributed by atoms with van der Waals surface area (Å²) in [5, 5.41) is 3.27.